The molecule has 0 aliphatic carbocycles. The van der Waals surface area contributed by atoms with Crippen LogP contribution in [0.4, 0.5) is 5.69 Å². The predicted molar refractivity (Wildman–Crippen MR) is 66.4 cm³/mol. The van der Waals surface area contributed by atoms with Gasteiger partial charge < -0.3 is 10.1 Å². The third-order valence-electron chi connectivity index (χ3n) is 1.81. The molecule has 0 saturated heterocycles. The van der Waals surface area contributed by atoms with Crippen molar-refractivity contribution >= 4 is 40.5 Å². The molecule has 1 rings (SSSR count). The maximum atomic E-state index is 6.01. The second-order valence-electron chi connectivity index (χ2n) is 3.25. The first kappa shape index (κ1) is 12.9. The standard InChI is InChI=1S/C10H12Cl3NO/c1-6(5-15-2)14-10-8(12)3-7(11)4-9(10)13/h3-4,6,14H,5H2,1-2H3. The summed E-state index contributed by atoms with van der Waals surface area (Å²) in [7, 11) is 1.64. The van der Waals surface area contributed by atoms with Gasteiger partial charge in [0.1, 0.15) is 0 Å². The highest BCUT2D eigenvalue weighted by Gasteiger charge is 2.10. The Bertz CT molecular complexity index is 320. The summed E-state index contributed by atoms with van der Waals surface area (Å²) in [6, 6.07) is 3.43. The average Bonchev–Trinajstić information content (AvgIpc) is 2.11. The third kappa shape index (κ3) is 3.72. The van der Waals surface area contributed by atoms with E-state index in [9.17, 15) is 0 Å². The molecule has 1 N–H and O–H groups in total. The molecule has 0 bridgehead atoms. The van der Waals surface area contributed by atoms with E-state index in [1.807, 2.05) is 6.92 Å². The Hall–Kier alpha value is -0.150. The van der Waals surface area contributed by atoms with Crippen molar-refractivity contribution in [2.75, 3.05) is 19.0 Å². The fourth-order valence-corrected chi connectivity index (χ4v) is 2.14. The van der Waals surface area contributed by atoms with Crippen molar-refractivity contribution in [3.8, 4) is 0 Å². The van der Waals surface area contributed by atoms with Crippen LogP contribution in [-0.4, -0.2) is 19.8 Å². The van der Waals surface area contributed by atoms with Gasteiger partial charge in [-0.1, -0.05) is 34.8 Å². The average molecular weight is 269 g/mol. The van der Waals surface area contributed by atoms with E-state index in [1.165, 1.54) is 0 Å². The third-order valence-corrected chi connectivity index (χ3v) is 2.63. The number of halogens is 3. The summed E-state index contributed by atoms with van der Waals surface area (Å²) in [5.74, 6) is 0. The molecule has 0 radical (unpaired) electrons. The first-order valence-electron chi connectivity index (χ1n) is 4.44. The number of hydrogen-bond acceptors (Lipinski definition) is 2. The number of anilines is 1. The van der Waals surface area contributed by atoms with E-state index in [0.29, 0.717) is 27.4 Å². The second-order valence-corrected chi connectivity index (χ2v) is 4.50. The minimum Gasteiger partial charge on any atom is -0.383 e. The maximum Gasteiger partial charge on any atom is 0.0722 e. The van der Waals surface area contributed by atoms with Gasteiger partial charge in [0.15, 0.2) is 0 Å². The SMILES string of the molecule is COCC(C)Nc1c(Cl)cc(Cl)cc1Cl. The maximum absolute atomic E-state index is 6.01. The van der Waals surface area contributed by atoms with Gasteiger partial charge >= 0.3 is 0 Å². The molecule has 1 atom stereocenters. The Morgan fingerprint density at radius 1 is 1.27 bits per heavy atom. The molecular weight excluding hydrogens is 256 g/mol. The van der Waals surface area contributed by atoms with Gasteiger partial charge in [0.2, 0.25) is 0 Å². The lowest BCUT2D eigenvalue weighted by Crippen LogP contribution is -2.21. The largest absolute Gasteiger partial charge is 0.383 e. The molecule has 0 amide bonds. The molecule has 0 fully saturated rings. The summed E-state index contributed by atoms with van der Waals surface area (Å²) in [6.45, 7) is 2.56. The molecule has 1 aromatic rings. The van der Waals surface area contributed by atoms with Gasteiger partial charge in [0.25, 0.3) is 0 Å². The first-order valence-corrected chi connectivity index (χ1v) is 5.58. The quantitative estimate of drug-likeness (QED) is 0.888. The van der Waals surface area contributed by atoms with E-state index in [-0.39, 0.29) is 6.04 Å². The molecular formula is C10H12Cl3NO. The van der Waals surface area contributed by atoms with E-state index in [1.54, 1.807) is 19.2 Å². The summed E-state index contributed by atoms with van der Waals surface area (Å²) in [6.07, 6.45) is 0. The van der Waals surface area contributed by atoms with Gasteiger partial charge in [-0.25, -0.2) is 0 Å². The zero-order valence-corrected chi connectivity index (χ0v) is 10.7. The fourth-order valence-electron chi connectivity index (χ4n) is 1.22. The van der Waals surface area contributed by atoms with Crippen molar-refractivity contribution in [1.82, 2.24) is 0 Å². The Morgan fingerprint density at radius 3 is 2.27 bits per heavy atom. The molecule has 0 aliphatic heterocycles. The van der Waals surface area contributed by atoms with Gasteiger partial charge in [0, 0.05) is 18.2 Å². The van der Waals surface area contributed by atoms with E-state index in [0.717, 1.165) is 0 Å². The molecule has 15 heavy (non-hydrogen) atoms. The summed E-state index contributed by atoms with van der Waals surface area (Å²) in [5.41, 5.74) is 0.687. The highest BCUT2D eigenvalue weighted by atomic mass is 35.5. The van der Waals surface area contributed by atoms with Crippen LogP contribution in [0, 0.1) is 0 Å². The summed E-state index contributed by atoms with van der Waals surface area (Å²) in [5, 5.41) is 4.70. The molecule has 5 heteroatoms. The number of rotatable bonds is 4. The number of benzene rings is 1. The van der Waals surface area contributed by atoms with Crippen molar-refractivity contribution in [2.24, 2.45) is 0 Å². The number of ether oxygens (including phenoxy) is 1. The minimum atomic E-state index is 0.131. The zero-order valence-electron chi connectivity index (χ0n) is 8.48. The molecule has 0 spiro atoms. The van der Waals surface area contributed by atoms with Gasteiger partial charge in [-0.05, 0) is 19.1 Å². The molecule has 0 aliphatic rings. The van der Waals surface area contributed by atoms with Crippen molar-refractivity contribution < 1.29 is 4.74 Å². The van der Waals surface area contributed by atoms with Crippen LogP contribution in [0.1, 0.15) is 6.92 Å². The Balaban J connectivity index is 2.85. The van der Waals surface area contributed by atoms with Gasteiger partial charge in [0.05, 0.1) is 22.3 Å². The topological polar surface area (TPSA) is 21.3 Å². The number of nitrogens with one attached hydrogen (secondary N) is 1. The molecule has 0 saturated carbocycles. The highest BCUT2D eigenvalue weighted by molar-refractivity contribution is 6.41. The summed E-state index contributed by atoms with van der Waals surface area (Å²) >= 11 is 17.8. The van der Waals surface area contributed by atoms with Crippen LogP contribution in [0.25, 0.3) is 0 Å². The van der Waals surface area contributed by atoms with Crippen LogP contribution >= 0.6 is 34.8 Å². The van der Waals surface area contributed by atoms with Crippen LogP contribution in [0.3, 0.4) is 0 Å². The van der Waals surface area contributed by atoms with Crippen LogP contribution in [0.5, 0.6) is 0 Å². The lowest BCUT2D eigenvalue weighted by Gasteiger charge is -2.16. The Kier molecular flexibility index (Phi) is 5.00. The molecule has 2 nitrogen and oxygen atoms in total. The van der Waals surface area contributed by atoms with E-state index < -0.39 is 0 Å². The van der Waals surface area contributed by atoms with Crippen LogP contribution in [0.2, 0.25) is 15.1 Å². The zero-order chi connectivity index (χ0) is 11.4. The highest BCUT2D eigenvalue weighted by Crippen LogP contribution is 2.33. The fraction of sp³-hybridized carbons (Fsp3) is 0.400. The van der Waals surface area contributed by atoms with E-state index in [2.05, 4.69) is 5.32 Å². The monoisotopic (exact) mass is 267 g/mol. The van der Waals surface area contributed by atoms with E-state index in [4.69, 9.17) is 39.5 Å². The van der Waals surface area contributed by atoms with Crippen LogP contribution in [0.15, 0.2) is 12.1 Å². The molecule has 1 aromatic carbocycles. The van der Waals surface area contributed by atoms with E-state index >= 15 is 0 Å². The van der Waals surface area contributed by atoms with Gasteiger partial charge in [-0.15, -0.1) is 0 Å². The van der Waals surface area contributed by atoms with Crippen molar-refractivity contribution in [1.29, 1.82) is 0 Å². The summed E-state index contributed by atoms with van der Waals surface area (Å²) < 4.78 is 5.00. The van der Waals surface area contributed by atoms with Crippen molar-refractivity contribution in [3.05, 3.63) is 27.2 Å². The smallest absolute Gasteiger partial charge is 0.0722 e. The van der Waals surface area contributed by atoms with Gasteiger partial charge in [-0.2, -0.15) is 0 Å². The molecule has 1 unspecified atom stereocenters. The van der Waals surface area contributed by atoms with Crippen molar-refractivity contribution in [3.63, 3.8) is 0 Å². The first-order chi connectivity index (χ1) is 7.04. The number of methoxy groups -OCH3 is 1. The lowest BCUT2D eigenvalue weighted by molar-refractivity contribution is 0.190. The predicted octanol–water partition coefficient (Wildman–Crippen LogP) is 4.09. The second kappa shape index (κ2) is 5.80. The normalized spacial score (nSPS) is 12.6. The Labute approximate surface area is 104 Å². The van der Waals surface area contributed by atoms with Gasteiger partial charge in [-0.3, -0.25) is 0 Å². The number of hydrogen-bond donors (Lipinski definition) is 1. The lowest BCUT2D eigenvalue weighted by atomic mass is 10.2. The van der Waals surface area contributed by atoms with Crippen molar-refractivity contribution in [2.45, 2.75) is 13.0 Å². The molecule has 84 valence electrons. The van der Waals surface area contributed by atoms with Crippen LogP contribution < -0.4 is 5.32 Å². The molecule has 0 aromatic heterocycles. The van der Waals surface area contributed by atoms with Crippen LogP contribution in [-0.2, 0) is 4.74 Å². The summed E-state index contributed by atoms with van der Waals surface area (Å²) in [4.78, 5) is 0. The minimum absolute atomic E-state index is 0.131. The molecule has 0 heterocycles. The Morgan fingerprint density at radius 2 is 1.80 bits per heavy atom.